The van der Waals surface area contributed by atoms with Crippen molar-refractivity contribution >= 4 is 0 Å². The van der Waals surface area contributed by atoms with Crippen LogP contribution < -0.4 is 4.74 Å². The van der Waals surface area contributed by atoms with Gasteiger partial charge in [0.05, 0.1) is 13.2 Å². The van der Waals surface area contributed by atoms with E-state index in [1.807, 2.05) is 25.1 Å². The lowest BCUT2D eigenvalue weighted by molar-refractivity contribution is 0.414. The van der Waals surface area contributed by atoms with Crippen LogP contribution >= 0.6 is 0 Å². The van der Waals surface area contributed by atoms with E-state index in [4.69, 9.17) is 10.00 Å². The zero-order valence-electron chi connectivity index (χ0n) is 9.16. The van der Waals surface area contributed by atoms with Crippen molar-refractivity contribution in [3.05, 3.63) is 41.5 Å². The van der Waals surface area contributed by atoms with E-state index in [-0.39, 0.29) is 0 Å². The van der Waals surface area contributed by atoms with Gasteiger partial charge >= 0.3 is 0 Å². The molecule has 15 heavy (non-hydrogen) atoms. The van der Waals surface area contributed by atoms with Gasteiger partial charge in [-0.2, -0.15) is 5.26 Å². The first-order chi connectivity index (χ1) is 7.26. The van der Waals surface area contributed by atoms with E-state index in [9.17, 15) is 0 Å². The minimum absolute atomic E-state index is 0.878. The summed E-state index contributed by atoms with van der Waals surface area (Å²) in [5, 5.41) is 8.46. The Bertz CT molecular complexity index is 371. The average molecular weight is 201 g/mol. The molecule has 2 heteroatoms. The minimum atomic E-state index is 0.878. The Kier molecular flexibility index (Phi) is 4.43. The third-order valence-electron chi connectivity index (χ3n) is 2.28. The van der Waals surface area contributed by atoms with Crippen molar-refractivity contribution < 1.29 is 4.74 Å². The highest BCUT2D eigenvalue weighted by molar-refractivity contribution is 5.27. The average Bonchev–Trinajstić information content (AvgIpc) is 2.27. The standard InChI is InChI=1S/C13H15NO/c1-11(9-10-14)3-4-12-5-7-13(15-2)8-6-12/h5-9H,3-4H2,1-2H3/b11-9+. The zero-order chi connectivity index (χ0) is 11.1. The number of benzene rings is 1. The summed E-state index contributed by atoms with van der Waals surface area (Å²) in [6, 6.07) is 10.1. The van der Waals surface area contributed by atoms with Crippen molar-refractivity contribution in [2.24, 2.45) is 0 Å². The van der Waals surface area contributed by atoms with Gasteiger partial charge in [-0.3, -0.25) is 0 Å². The van der Waals surface area contributed by atoms with Crippen LogP contribution in [0.4, 0.5) is 0 Å². The number of rotatable bonds is 4. The van der Waals surface area contributed by atoms with Gasteiger partial charge < -0.3 is 4.74 Å². The molecule has 0 amide bonds. The largest absolute Gasteiger partial charge is 0.497 e. The molecule has 0 N–H and O–H groups in total. The predicted octanol–water partition coefficient (Wildman–Crippen LogP) is 3.10. The van der Waals surface area contributed by atoms with E-state index < -0.39 is 0 Å². The lowest BCUT2D eigenvalue weighted by Gasteiger charge is -2.03. The Morgan fingerprint density at radius 3 is 2.60 bits per heavy atom. The molecule has 0 aliphatic carbocycles. The van der Waals surface area contributed by atoms with E-state index in [1.54, 1.807) is 13.2 Å². The molecule has 0 atom stereocenters. The third kappa shape index (κ3) is 3.86. The number of nitriles is 1. The lowest BCUT2D eigenvalue weighted by Crippen LogP contribution is -1.88. The number of ether oxygens (including phenoxy) is 1. The Labute approximate surface area is 90.8 Å². The van der Waals surface area contributed by atoms with Gasteiger partial charge in [-0.05, 0) is 37.5 Å². The van der Waals surface area contributed by atoms with Crippen LogP contribution in [-0.2, 0) is 6.42 Å². The third-order valence-corrected chi connectivity index (χ3v) is 2.28. The fourth-order valence-electron chi connectivity index (χ4n) is 1.32. The molecule has 0 aromatic heterocycles. The maximum Gasteiger partial charge on any atom is 0.118 e. The number of nitrogens with zero attached hydrogens (tertiary/aromatic N) is 1. The molecule has 0 heterocycles. The second kappa shape index (κ2) is 5.87. The molecule has 0 fully saturated rings. The first kappa shape index (κ1) is 11.3. The predicted molar refractivity (Wildman–Crippen MR) is 60.7 cm³/mol. The molecule has 2 nitrogen and oxygen atoms in total. The normalized spacial score (nSPS) is 10.9. The maximum atomic E-state index is 8.46. The van der Waals surface area contributed by atoms with Crippen LogP contribution in [0.5, 0.6) is 5.75 Å². The van der Waals surface area contributed by atoms with Crippen LogP contribution in [0.2, 0.25) is 0 Å². The molecule has 0 saturated carbocycles. The molecule has 1 aromatic carbocycles. The molecule has 0 bridgehead atoms. The molecule has 0 saturated heterocycles. The van der Waals surface area contributed by atoms with E-state index >= 15 is 0 Å². The summed E-state index contributed by atoms with van der Waals surface area (Å²) in [5.74, 6) is 0.878. The fourth-order valence-corrected chi connectivity index (χ4v) is 1.32. The summed E-state index contributed by atoms with van der Waals surface area (Å²) in [6.07, 6.45) is 3.50. The molecule has 78 valence electrons. The highest BCUT2D eigenvalue weighted by atomic mass is 16.5. The Hall–Kier alpha value is -1.75. The lowest BCUT2D eigenvalue weighted by atomic mass is 10.1. The van der Waals surface area contributed by atoms with Gasteiger partial charge in [0.15, 0.2) is 0 Å². The van der Waals surface area contributed by atoms with Crippen LogP contribution in [0.15, 0.2) is 35.9 Å². The van der Waals surface area contributed by atoms with Crippen LogP contribution in [0.3, 0.4) is 0 Å². The smallest absolute Gasteiger partial charge is 0.118 e. The summed E-state index contributed by atoms with van der Waals surface area (Å²) < 4.78 is 5.08. The number of aryl methyl sites for hydroxylation is 1. The van der Waals surface area contributed by atoms with Gasteiger partial charge in [-0.1, -0.05) is 17.7 Å². The summed E-state index contributed by atoms with van der Waals surface area (Å²) >= 11 is 0. The molecule has 0 radical (unpaired) electrons. The zero-order valence-corrected chi connectivity index (χ0v) is 9.16. The molecule has 0 unspecified atom stereocenters. The molecule has 0 spiro atoms. The Balaban J connectivity index is 2.52. The topological polar surface area (TPSA) is 33.0 Å². The van der Waals surface area contributed by atoms with Crippen molar-refractivity contribution in [1.29, 1.82) is 5.26 Å². The van der Waals surface area contributed by atoms with Crippen LogP contribution in [0, 0.1) is 11.3 Å². The molecular weight excluding hydrogens is 186 g/mol. The van der Waals surface area contributed by atoms with Crippen LogP contribution in [-0.4, -0.2) is 7.11 Å². The van der Waals surface area contributed by atoms with Crippen molar-refractivity contribution in [3.63, 3.8) is 0 Å². The summed E-state index contributed by atoms with van der Waals surface area (Å²) in [4.78, 5) is 0. The summed E-state index contributed by atoms with van der Waals surface area (Å²) in [7, 11) is 1.66. The Morgan fingerprint density at radius 2 is 2.07 bits per heavy atom. The van der Waals surface area contributed by atoms with Crippen molar-refractivity contribution in [1.82, 2.24) is 0 Å². The highest BCUT2D eigenvalue weighted by Crippen LogP contribution is 2.14. The number of hydrogen-bond acceptors (Lipinski definition) is 2. The molecule has 1 rings (SSSR count). The molecular formula is C13H15NO. The van der Waals surface area contributed by atoms with Gasteiger partial charge in [0.25, 0.3) is 0 Å². The van der Waals surface area contributed by atoms with Gasteiger partial charge in [0.1, 0.15) is 5.75 Å². The first-order valence-corrected chi connectivity index (χ1v) is 4.94. The van der Waals surface area contributed by atoms with E-state index in [2.05, 4.69) is 12.1 Å². The van der Waals surface area contributed by atoms with Gasteiger partial charge in [-0.25, -0.2) is 0 Å². The highest BCUT2D eigenvalue weighted by Gasteiger charge is 1.95. The van der Waals surface area contributed by atoms with Crippen molar-refractivity contribution in [2.75, 3.05) is 7.11 Å². The van der Waals surface area contributed by atoms with E-state index in [0.717, 1.165) is 24.2 Å². The van der Waals surface area contributed by atoms with Gasteiger partial charge in [-0.15, -0.1) is 0 Å². The van der Waals surface area contributed by atoms with Crippen molar-refractivity contribution in [2.45, 2.75) is 19.8 Å². The first-order valence-electron chi connectivity index (χ1n) is 4.94. The number of hydrogen-bond donors (Lipinski definition) is 0. The fraction of sp³-hybridized carbons (Fsp3) is 0.308. The van der Waals surface area contributed by atoms with E-state index in [1.165, 1.54) is 5.56 Å². The molecule has 0 aliphatic rings. The molecule has 0 aliphatic heterocycles. The van der Waals surface area contributed by atoms with E-state index in [0.29, 0.717) is 0 Å². The summed E-state index contributed by atoms with van der Waals surface area (Å²) in [6.45, 7) is 1.98. The Morgan fingerprint density at radius 1 is 1.40 bits per heavy atom. The van der Waals surface area contributed by atoms with Crippen LogP contribution in [0.25, 0.3) is 0 Å². The molecule has 1 aromatic rings. The maximum absolute atomic E-state index is 8.46. The minimum Gasteiger partial charge on any atom is -0.497 e. The summed E-state index contributed by atoms with van der Waals surface area (Å²) in [5.41, 5.74) is 2.38. The van der Waals surface area contributed by atoms with Crippen LogP contribution in [0.1, 0.15) is 18.9 Å². The van der Waals surface area contributed by atoms with Gasteiger partial charge in [0.2, 0.25) is 0 Å². The monoisotopic (exact) mass is 201 g/mol. The number of allylic oxidation sites excluding steroid dienone is 2. The SMILES string of the molecule is COc1ccc(CC/C(C)=C/C#N)cc1. The van der Waals surface area contributed by atoms with Crippen molar-refractivity contribution in [3.8, 4) is 11.8 Å². The number of methoxy groups -OCH3 is 1. The quantitative estimate of drug-likeness (QED) is 0.701. The second-order valence-electron chi connectivity index (χ2n) is 3.47. The second-order valence-corrected chi connectivity index (χ2v) is 3.47. The van der Waals surface area contributed by atoms with Gasteiger partial charge in [0, 0.05) is 6.08 Å².